The Labute approximate surface area is 395 Å². The molecular formula is C43H62F3N7O14S. The highest BCUT2D eigenvalue weighted by molar-refractivity contribution is 7.98. The summed E-state index contributed by atoms with van der Waals surface area (Å²) in [5, 5.41) is 43.6. The van der Waals surface area contributed by atoms with Crippen molar-refractivity contribution >= 4 is 76.8 Å². The summed E-state index contributed by atoms with van der Waals surface area (Å²) >= 11 is 1.29. The lowest BCUT2D eigenvalue weighted by molar-refractivity contribution is -0.154. The van der Waals surface area contributed by atoms with Crippen LogP contribution in [0.25, 0.3) is 0 Å². The summed E-state index contributed by atoms with van der Waals surface area (Å²) in [6, 6.07) is -4.18. The Balaban J connectivity index is 3.62. The van der Waals surface area contributed by atoms with Crippen LogP contribution in [0.4, 0.5) is 13.2 Å². The van der Waals surface area contributed by atoms with Gasteiger partial charge in [0.05, 0.1) is 19.3 Å². The fraction of sp³-hybridized carbons (Fsp3) is 0.605. The number of hydrogen-bond donors (Lipinski definition) is 10. The quantitative estimate of drug-likeness (QED) is 0.0391. The number of carbonyl (C=O) groups is 11. The van der Waals surface area contributed by atoms with E-state index in [0.29, 0.717) is 16.9 Å². The number of nitrogens with one attached hydrogen (secondary N) is 7. The average Bonchev–Trinajstić information content (AvgIpc) is 3.21. The van der Waals surface area contributed by atoms with Gasteiger partial charge in [0.25, 0.3) is 5.91 Å². The van der Waals surface area contributed by atoms with Gasteiger partial charge < -0.3 is 52.5 Å². The van der Waals surface area contributed by atoms with Crippen LogP contribution < -0.4 is 37.2 Å². The summed E-state index contributed by atoms with van der Waals surface area (Å²) in [7, 11) is 0. The van der Waals surface area contributed by atoms with Crippen LogP contribution in [-0.2, 0) is 59.2 Å². The van der Waals surface area contributed by atoms with Crippen molar-refractivity contribution in [2.24, 2.45) is 11.3 Å². The standard InChI is InChI=1S/C43H62F3N7O14S/c1-22(2)18-26(37(63)52-29(21-43(44,45)46)34(61)40(66)47-16-17-68-7)51-41(67)35(42(4,5)6)53-39(65)27(19-24-11-9-8-10-23(24)3)50-36(62)25(12-14-31(55)56)49-38(64)28(20-33(59)60)48-30(54)13-15-32(57)58/h8-11,22,25-29,35H,12-21H2,1-7H3,(H,47,66)(H,48,54)(H,49,64)(H,50,62)(H,51,67)(H,52,63)(H,53,65)(H,55,56)(H,57,58)(H,59,60)/t25-,26-,27-,28-,29?,35+/m0/s1. The zero-order chi connectivity index (χ0) is 52.1. The molecule has 6 atom stereocenters. The van der Waals surface area contributed by atoms with Crippen molar-refractivity contribution in [3.63, 3.8) is 0 Å². The molecule has 380 valence electrons. The maximum atomic E-state index is 14.3. The Hall–Kier alpha value is -6.27. The van der Waals surface area contributed by atoms with Crippen molar-refractivity contribution in [2.75, 3.05) is 18.6 Å². The van der Waals surface area contributed by atoms with E-state index in [1.165, 1.54) is 32.5 Å². The number of hydrogen-bond acceptors (Lipinski definition) is 12. The zero-order valence-corrected chi connectivity index (χ0v) is 39.6. The van der Waals surface area contributed by atoms with Crippen LogP contribution in [0, 0.1) is 18.3 Å². The monoisotopic (exact) mass is 989 g/mol. The van der Waals surface area contributed by atoms with Crippen LogP contribution in [-0.4, -0.2) is 141 Å². The van der Waals surface area contributed by atoms with Crippen molar-refractivity contribution in [1.29, 1.82) is 0 Å². The number of halogens is 3. The minimum absolute atomic E-state index is 0.0452. The van der Waals surface area contributed by atoms with Gasteiger partial charge in [0.2, 0.25) is 41.2 Å². The van der Waals surface area contributed by atoms with E-state index in [4.69, 9.17) is 5.11 Å². The molecule has 0 saturated carbocycles. The number of ketones is 1. The van der Waals surface area contributed by atoms with Crippen molar-refractivity contribution in [3.05, 3.63) is 35.4 Å². The molecule has 0 saturated heterocycles. The normalized spacial score (nSPS) is 14.1. The highest BCUT2D eigenvalue weighted by Gasteiger charge is 2.41. The number of aryl methyl sites for hydroxylation is 1. The van der Waals surface area contributed by atoms with Gasteiger partial charge in [-0.05, 0) is 48.5 Å². The minimum atomic E-state index is -5.01. The maximum Gasteiger partial charge on any atom is 0.391 e. The predicted octanol–water partition coefficient (Wildman–Crippen LogP) is 0.744. The van der Waals surface area contributed by atoms with Gasteiger partial charge in [-0.25, -0.2) is 0 Å². The molecule has 0 bridgehead atoms. The molecule has 1 aromatic carbocycles. The van der Waals surface area contributed by atoms with Crippen molar-refractivity contribution in [1.82, 2.24) is 37.2 Å². The van der Waals surface area contributed by atoms with Crippen molar-refractivity contribution in [2.45, 2.75) is 135 Å². The number of thioether (sulfide) groups is 1. The smallest absolute Gasteiger partial charge is 0.391 e. The number of amides is 7. The van der Waals surface area contributed by atoms with Crippen LogP contribution in [0.5, 0.6) is 0 Å². The topological polar surface area (TPSA) is 333 Å². The molecule has 1 unspecified atom stereocenters. The van der Waals surface area contributed by atoms with Gasteiger partial charge in [-0.15, -0.1) is 0 Å². The first-order valence-corrected chi connectivity index (χ1v) is 22.7. The first-order chi connectivity index (χ1) is 31.4. The molecule has 0 fully saturated rings. The maximum absolute atomic E-state index is 14.3. The van der Waals surface area contributed by atoms with Gasteiger partial charge in [0, 0.05) is 31.6 Å². The summed E-state index contributed by atoms with van der Waals surface area (Å²) in [6.07, 6.45) is -9.39. The molecule has 21 nitrogen and oxygen atoms in total. The Morgan fingerprint density at radius 3 is 1.71 bits per heavy atom. The van der Waals surface area contributed by atoms with Crippen molar-refractivity contribution < 1.29 is 81.2 Å². The Morgan fingerprint density at radius 1 is 0.647 bits per heavy atom. The van der Waals surface area contributed by atoms with E-state index < -0.39 is 157 Å². The van der Waals surface area contributed by atoms with Crippen LogP contribution >= 0.6 is 11.8 Å². The van der Waals surface area contributed by atoms with E-state index in [9.17, 15) is 76.1 Å². The third kappa shape index (κ3) is 23.0. The fourth-order valence-electron chi connectivity index (χ4n) is 6.32. The van der Waals surface area contributed by atoms with Crippen LogP contribution in [0.3, 0.4) is 0 Å². The summed E-state index contributed by atoms with van der Waals surface area (Å²) < 4.78 is 40.9. The number of alkyl halides is 3. The van der Waals surface area contributed by atoms with E-state index in [1.807, 2.05) is 5.32 Å². The number of carboxylic acids is 3. The molecule has 0 aliphatic rings. The van der Waals surface area contributed by atoms with Crippen LogP contribution in [0.2, 0.25) is 0 Å². The first kappa shape index (κ1) is 59.7. The molecule has 7 amide bonds. The number of benzene rings is 1. The average molecular weight is 990 g/mol. The second-order valence-electron chi connectivity index (χ2n) is 17.3. The van der Waals surface area contributed by atoms with Crippen LogP contribution in [0.15, 0.2) is 24.3 Å². The minimum Gasteiger partial charge on any atom is -0.481 e. The Bertz CT molecular complexity index is 2000. The highest BCUT2D eigenvalue weighted by Crippen LogP contribution is 2.24. The number of aliphatic carboxylic acids is 3. The predicted molar refractivity (Wildman–Crippen MR) is 238 cm³/mol. The molecule has 0 heterocycles. The molecule has 1 aromatic rings. The second kappa shape index (κ2) is 28.2. The number of carbonyl (C=O) groups excluding carboxylic acids is 8. The van der Waals surface area contributed by atoms with E-state index in [0.717, 1.165) is 0 Å². The summed E-state index contributed by atoms with van der Waals surface area (Å²) in [5.41, 5.74) is -0.0697. The lowest BCUT2D eigenvalue weighted by atomic mass is 9.85. The number of Topliss-reactive ketones (excluding diaryl/α,β-unsaturated/α-hetero) is 1. The van der Waals surface area contributed by atoms with Gasteiger partial charge in [-0.3, -0.25) is 52.7 Å². The van der Waals surface area contributed by atoms with E-state index in [-0.39, 0.29) is 19.4 Å². The Morgan fingerprint density at radius 2 is 1.18 bits per heavy atom. The zero-order valence-electron chi connectivity index (χ0n) is 38.8. The molecule has 68 heavy (non-hydrogen) atoms. The van der Waals surface area contributed by atoms with E-state index >= 15 is 0 Å². The fourth-order valence-corrected chi connectivity index (χ4v) is 6.63. The molecule has 0 aliphatic carbocycles. The van der Waals surface area contributed by atoms with Crippen LogP contribution in [0.1, 0.15) is 90.7 Å². The molecule has 1 rings (SSSR count). The third-order valence-electron chi connectivity index (χ3n) is 9.83. The SMILES string of the molecule is CSCCNC(=O)C(=O)C(CC(F)(F)F)NC(=O)[C@H](CC(C)C)NC(=O)[C@@H](NC(=O)[C@H](Cc1ccccc1C)NC(=O)[C@H](CCC(=O)O)NC(=O)[C@H](CC(=O)O)NC(=O)CCC(=O)O)C(C)(C)C. The molecule has 10 N–H and O–H groups in total. The van der Waals surface area contributed by atoms with E-state index in [1.54, 1.807) is 51.3 Å². The molecule has 0 aromatic heterocycles. The van der Waals surface area contributed by atoms with Gasteiger partial charge in [-0.2, -0.15) is 24.9 Å². The molecule has 0 aliphatic heterocycles. The molecule has 25 heteroatoms. The summed E-state index contributed by atoms with van der Waals surface area (Å²) in [6.45, 7) is 9.45. The van der Waals surface area contributed by atoms with Gasteiger partial charge in [0.1, 0.15) is 36.3 Å². The first-order valence-electron chi connectivity index (χ1n) is 21.3. The third-order valence-corrected chi connectivity index (χ3v) is 10.4. The van der Waals surface area contributed by atoms with E-state index in [2.05, 4.69) is 31.9 Å². The number of rotatable bonds is 29. The van der Waals surface area contributed by atoms with Gasteiger partial charge in [-0.1, -0.05) is 58.9 Å². The molecule has 0 spiro atoms. The summed E-state index contributed by atoms with van der Waals surface area (Å²) in [4.78, 5) is 141. The molecule has 0 radical (unpaired) electrons. The van der Waals surface area contributed by atoms with Gasteiger partial charge >= 0.3 is 24.1 Å². The summed E-state index contributed by atoms with van der Waals surface area (Å²) in [5.74, 6) is -14.1. The largest absolute Gasteiger partial charge is 0.481 e. The van der Waals surface area contributed by atoms with Gasteiger partial charge in [0.15, 0.2) is 0 Å². The van der Waals surface area contributed by atoms with Crippen molar-refractivity contribution in [3.8, 4) is 0 Å². The lowest BCUT2D eigenvalue weighted by Gasteiger charge is -2.34. The molecular weight excluding hydrogens is 928 g/mol. The highest BCUT2D eigenvalue weighted by atomic mass is 32.2. The second-order valence-corrected chi connectivity index (χ2v) is 18.3. The number of carboxylic acid groups (broad SMARTS) is 3. The lowest BCUT2D eigenvalue weighted by Crippen LogP contribution is -2.62. The Kier molecular flexibility index (Phi) is 24.7.